The van der Waals surface area contributed by atoms with Gasteiger partial charge >= 0.3 is 0 Å². The molecule has 86 valence electrons. The molecule has 1 saturated heterocycles. The number of piperidine rings is 1. The summed E-state index contributed by atoms with van der Waals surface area (Å²) in [5.74, 6) is -1.06. The quantitative estimate of drug-likeness (QED) is 0.617. The monoisotopic (exact) mass is 234 g/mol. The van der Waals surface area contributed by atoms with E-state index in [2.05, 4.69) is 10.6 Å². The summed E-state index contributed by atoms with van der Waals surface area (Å²) < 4.78 is 21.6. The molecule has 0 spiro atoms. The Labute approximate surface area is 88.3 Å². The van der Waals surface area contributed by atoms with Crippen LogP contribution in [0.5, 0.6) is 0 Å². The summed E-state index contributed by atoms with van der Waals surface area (Å²) >= 11 is 0. The van der Waals surface area contributed by atoms with E-state index in [0.29, 0.717) is 19.4 Å². The van der Waals surface area contributed by atoms with Crippen LogP contribution in [0.15, 0.2) is 0 Å². The first kappa shape index (κ1) is 12.0. The number of carbonyl (C=O) groups is 2. The third-order valence-corrected chi connectivity index (χ3v) is 2.81. The maximum Gasteiger partial charge on any atom is 0.235 e. The largest absolute Gasteiger partial charge is 0.354 e. The number of hydrogen-bond donors (Lipinski definition) is 2. The molecule has 1 unspecified atom stereocenters. The molecule has 0 aliphatic carbocycles. The Balaban J connectivity index is 2.36. The average molecular weight is 234 g/mol. The lowest BCUT2D eigenvalue weighted by Crippen LogP contribution is -2.48. The van der Waals surface area contributed by atoms with Crippen molar-refractivity contribution in [2.45, 2.75) is 18.9 Å². The normalized spacial score (nSPS) is 21.9. The van der Waals surface area contributed by atoms with E-state index < -0.39 is 21.5 Å². The second kappa shape index (κ2) is 4.61. The minimum Gasteiger partial charge on any atom is -0.354 e. The van der Waals surface area contributed by atoms with Crippen LogP contribution in [-0.4, -0.2) is 44.8 Å². The van der Waals surface area contributed by atoms with Crippen LogP contribution in [0.4, 0.5) is 0 Å². The van der Waals surface area contributed by atoms with Crippen molar-refractivity contribution in [1.29, 1.82) is 0 Å². The van der Waals surface area contributed by atoms with Gasteiger partial charge < -0.3 is 10.6 Å². The molecule has 15 heavy (non-hydrogen) atoms. The molecule has 1 aliphatic heterocycles. The van der Waals surface area contributed by atoms with Crippen molar-refractivity contribution < 1.29 is 18.0 Å². The zero-order valence-corrected chi connectivity index (χ0v) is 9.26. The minimum absolute atomic E-state index is 0.0383. The summed E-state index contributed by atoms with van der Waals surface area (Å²) in [6.45, 7) is 0.369. The van der Waals surface area contributed by atoms with Gasteiger partial charge in [0.15, 0.2) is 9.84 Å². The first-order chi connectivity index (χ1) is 6.87. The SMILES string of the molecule is CS(=O)(=O)CC(=O)NC1CCC(=O)NC1. The van der Waals surface area contributed by atoms with Crippen molar-refractivity contribution in [3.8, 4) is 0 Å². The molecule has 2 amide bonds. The van der Waals surface area contributed by atoms with Crippen LogP contribution >= 0.6 is 0 Å². The van der Waals surface area contributed by atoms with E-state index in [9.17, 15) is 18.0 Å². The van der Waals surface area contributed by atoms with E-state index in [1.165, 1.54) is 0 Å². The van der Waals surface area contributed by atoms with E-state index in [-0.39, 0.29) is 11.9 Å². The molecule has 0 aromatic heterocycles. The summed E-state index contributed by atoms with van der Waals surface area (Å²) in [7, 11) is -3.28. The Kier molecular flexibility index (Phi) is 3.67. The summed E-state index contributed by atoms with van der Waals surface area (Å²) in [4.78, 5) is 22.0. The summed E-state index contributed by atoms with van der Waals surface area (Å²) in [5.41, 5.74) is 0. The van der Waals surface area contributed by atoms with Gasteiger partial charge in [0.1, 0.15) is 5.75 Å². The van der Waals surface area contributed by atoms with Crippen molar-refractivity contribution in [2.24, 2.45) is 0 Å². The molecule has 1 atom stereocenters. The van der Waals surface area contributed by atoms with Crippen LogP contribution in [0.25, 0.3) is 0 Å². The third-order valence-electron chi connectivity index (χ3n) is 2.02. The number of hydrogen-bond acceptors (Lipinski definition) is 4. The lowest BCUT2D eigenvalue weighted by molar-refractivity contribution is -0.124. The lowest BCUT2D eigenvalue weighted by atomic mass is 10.1. The predicted octanol–water partition coefficient (Wildman–Crippen LogP) is -1.57. The van der Waals surface area contributed by atoms with Crippen molar-refractivity contribution in [3.05, 3.63) is 0 Å². The highest BCUT2D eigenvalue weighted by molar-refractivity contribution is 7.91. The van der Waals surface area contributed by atoms with Crippen LogP contribution in [0.2, 0.25) is 0 Å². The van der Waals surface area contributed by atoms with Crippen LogP contribution in [-0.2, 0) is 19.4 Å². The van der Waals surface area contributed by atoms with Gasteiger partial charge in [-0.3, -0.25) is 9.59 Å². The van der Waals surface area contributed by atoms with E-state index in [4.69, 9.17) is 0 Å². The van der Waals surface area contributed by atoms with Gasteiger partial charge in [0.05, 0.1) is 0 Å². The van der Waals surface area contributed by atoms with E-state index in [1.54, 1.807) is 0 Å². The highest BCUT2D eigenvalue weighted by Crippen LogP contribution is 2.02. The van der Waals surface area contributed by atoms with E-state index in [0.717, 1.165) is 6.26 Å². The molecule has 1 aliphatic rings. The smallest absolute Gasteiger partial charge is 0.235 e. The van der Waals surface area contributed by atoms with Crippen molar-refractivity contribution in [2.75, 3.05) is 18.6 Å². The van der Waals surface area contributed by atoms with Crippen molar-refractivity contribution in [3.63, 3.8) is 0 Å². The van der Waals surface area contributed by atoms with Gasteiger partial charge in [-0.1, -0.05) is 0 Å². The average Bonchev–Trinajstić information content (AvgIpc) is 2.05. The second-order valence-corrected chi connectivity index (χ2v) is 5.82. The minimum atomic E-state index is -3.28. The molecule has 7 heteroatoms. The molecule has 0 saturated carbocycles. The van der Waals surface area contributed by atoms with Gasteiger partial charge in [-0.15, -0.1) is 0 Å². The van der Waals surface area contributed by atoms with E-state index in [1.807, 2.05) is 0 Å². The maximum absolute atomic E-state index is 11.2. The third kappa shape index (κ3) is 4.78. The van der Waals surface area contributed by atoms with Gasteiger partial charge in [-0.2, -0.15) is 0 Å². The zero-order chi connectivity index (χ0) is 11.5. The Bertz CT molecular complexity index is 353. The Morgan fingerprint density at radius 1 is 1.60 bits per heavy atom. The maximum atomic E-state index is 11.2. The number of rotatable bonds is 3. The summed E-state index contributed by atoms with van der Waals surface area (Å²) in [6, 6.07) is -0.156. The molecule has 0 bridgehead atoms. The Morgan fingerprint density at radius 3 is 2.73 bits per heavy atom. The number of amides is 2. The van der Waals surface area contributed by atoms with Crippen molar-refractivity contribution >= 4 is 21.7 Å². The molecule has 0 aromatic carbocycles. The fourth-order valence-corrected chi connectivity index (χ4v) is 1.92. The van der Waals surface area contributed by atoms with Gasteiger partial charge in [-0.05, 0) is 6.42 Å². The van der Waals surface area contributed by atoms with Crippen LogP contribution in [0, 0.1) is 0 Å². The molecular formula is C8H14N2O4S. The topological polar surface area (TPSA) is 92.3 Å². The Morgan fingerprint density at radius 2 is 2.27 bits per heavy atom. The number of carbonyl (C=O) groups excluding carboxylic acids is 2. The standard InChI is InChI=1S/C8H14N2O4S/c1-15(13,14)5-8(12)10-6-2-3-7(11)9-4-6/h6H,2-5H2,1H3,(H,9,11)(H,10,12). The first-order valence-electron chi connectivity index (χ1n) is 4.60. The van der Waals surface area contributed by atoms with Crippen LogP contribution < -0.4 is 10.6 Å². The van der Waals surface area contributed by atoms with Gasteiger partial charge in [0, 0.05) is 25.3 Å². The zero-order valence-electron chi connectivity index (χ0n) is 8.45. The number of nitrogens with one attached hydrogen (secondary N) is 2. The Hall–Kier alpha value is -1.11. The highest BCUT2D eigenvalue weighted by atomic mass is 32.2. The van der Waals surface area contributed by atoms with E-state index >= 15 is 0 Å². The van der Waals surface area contributed by atoms with Gasteiger partial charge in [0.25, 0.3) is 0 Å². The first-order valence-corrected chi connectivity index (χ1v) is 6.66. The molecular weight excluding hydrogens is 220 g/mol. The van der Waals surface area contributed by atoms with Gasteiger partial charge in [-0.25, -0.2) is 8.42 Å². The molecule has 1 fully saturated rings. The van der Waals surface area contributed by atoms with Crippen LogP contribution in [0.3, 0.4) is 0 Å². The fourth-order valence-electron chi connectivity index (χ4n) is 1.36. The van der Waals surface area contributed by atoms with Crippen molar-refractivity contribution in [1.82, 2.24) is 10.6 Å². The molecule has 1 heterocycles. The van der Waals surface area contributed by atoms with Gasteiger partial charge in [0.2, 0.25) is 11.8 Å². The number of sulfone groups is 1. The second-order valence-electron chi connectivity index (χ2n) is 3.68. The predicted molar refractivity (Wildman–Crippen MR) is 53.9 cm³/mol. The molecule has 2 N–H and O–H groups in total. The summed E-state index contributed by atoms with van der Waals surface area (Å²) in [5, 5.41) is 5.16. The summed E-state index contributed by atoms with van der Waals surface area (Å²) in [6.07, 6.45) is 1.93. The lowest BCUT2D eigenvalue weighted by Gasteiger charge is -2.23. The molecule has 6 nitrogen and oxygen atoms in total. The van der Waals surface area contributed by atoms with Crippen LogP contribution in [0.1, 0.15) is 12.8 Å². The molecule has 0 aromatic rings. The molecule has 1 rings (SSSR count). The highest BCUT2D eigenvalue weighted by Gasteiger charge is 2.20. The fraction of sp³-hybridized carbons (Fsp3) is 0.750. The molecule has 0 radical (unpaired) electrons.